The summed E-state index contributed by atoms with van der Waals surface area (Å²) in [6.07, 6.45) is 5.38. The molecular formula is C9H15NO2. The highest BCUT2D eigenvalue weighted by atomic mass is 16.2. The molecule has 0 aromatic heterocycles. The molecule has 12 heavy (non-hydrogen) atoms. The van der Waals surface area contributed by atoms with Gasteiger partial charge in [0.2, 0.25) is 5.78 Å². The monoisotopic (exact) mass is 169 g/mol. The van der Waals surface area contributed by atoms with Crippen molar-refractivity contribution in [3.8, 4) is 0 Å². The fraction of sp³-hybridized carbons (Fsp3) is 0.556. The van der Waals surface area contributed by atoms with E-state index >= 15 is 0 Å². The van der Waals surface area contributed by atoms with Crippen LogP contribution in [0, 0.1) is 5.92 Å². The van der Waals surface area contributed by atoms with Gasteiger partial charge < -0.3 is 5.73 Å². The maximum Gasteiger partial charge on any atom is 0.285 e. The maximum absolute atomic E-state index is 10.9. The molecule has 2 N–H and O–H groups in total. The van der Waals surface area contributed by atoms with Crippen LogP contribution in [0.15, 0.2) is 12.2 Å². The van der Waals surface area contributed by atoms with Crippen molar-refractivity contribution >= 4 is 11.7 Å². The van der Waals surface area contributed by atoms with Crippen molar-refractivity contribution in [1.82, 2.24) is 0 Å². The van der Waals surface area contributed by atoms with E-state index in [4.69, 9.17) is 5.73 Å². The molecule has 0 aromatic carbocycles. The zero-order chi connectivity index (χ0) is 9.56. The minimum Gasteiger partial charge on any atom is -0.363 e. The lowest BCUT2D eigenvalue weighted by Crippen LogP contribution is -2.28. The summed E-state index contributed by atoms with van der Waals surface area (Å²) in [6.45, 7) is 3.64. The summed E-state index contributed by atoms with van der Waals surface area (Å²) in [4.78, 5) is 21.4. The molecule has 0 bridgehead atoms. The summed E-state index contributed by atoms with van der Waals surface area (Å²) in [5.74, 6) is -1.55. The standard InChI is InChI=1S/C9H15NO2/c1-3-4-5-6-7(2)8(11)9(10)12/h3-4,7H,5-6H2,1-2H3,(H2,10,12)/b4-3+. The highest BCUT2D eigenvalue weighted by Crippen LogP contribution is 2.06. The Balaban J connectivity index is 3.79. The molecule has 0 fully saturated rings. The molecule has 1 atom stereocenters. The summed E-state index contributed by atoms with van der Waals surface area (Å²) in [6, 6.07) is 0. The van der Waals surface area contributed by atoms with Crippen molar-refractivity contribution < 1.29 is 9.59 Å². The molecule has 0 rings (SSSR count). The van der Waals surface area contributed by atoms with Gasteiger partial charge in [0.1, 0.15) is 0 Å². The van der Waals surface area contributed by atoms with Crippen LogP contribution in [-0.2, 0) is 9.59 Å². The van der Waals surface area contributed by atoms with Crippen molar-refractivity contribution in [2.75, 3.05) is 0 Å². The van der Waals surface area contributed by atoms with Crippen LogP contribution in [0.2, 0.25) is 0 Å². The summed E-state index contributed by atoms with van der Waals surface area (Å²) in [5, 5.41) is 0. The quantitative estimate of drug-likeness (QED) is 0.493. The summed E-state index contributed by atoms with van der Waals surface area (Å²) in [7, 11) is 0. The van der Waals surface area contributed by atoms with Gasteiger partial charge in [-0.15, -0.1) is 0 Å². The first-order valence-corrected chi connectivity index (χ1v) is 4.04. The Hall–Kier alpha value is -1.12. The molecule has 0 aliphatic carbocycles. The molecule has 0 radical (unpaired) electrons. The Kier molecular flexibility index (Phi) is 5.00. The van der Waals surface area contributed by atoms with Gasteiger partial charge in [-0.1, -0.05) is 19.1 Å². The van der Waals surface area contributed by atoms with E-state index in [1.807, 2.05) is 19.1 Å². The summed E-state index contributed by atoms with van der Waals surface area (Å²) in [5.41, 5.74) is 4.83. The summed E-state index contributed by atoms with van der Waals surface area (Å²) >= 11 is 0. The first kappa shape index (κ1) is 10.9. The van der Waals surface area contributed by atoms with E-state index in [1.54, 1.807) is 6.92 Å². The van der Waals surface area contributed by atoms with Gasteiger partial charge in [-0.05, 0) is 19.8 Å². The lowest BCUT2D eigenvalue weighted by molar-refractivity contribution is -0.138. The second kappa shape index (κ2) is 5.52. The van der Waals surface area contributed by atoms with E-state index < -0.39 is 11.7 Å². The van der Waals surface area contributed by atoms with Gasteiger partial charge in [0, 0.05) is 5.92 Å². The number of rotatable bonds is 5. The van der Waals surface area contributed by atoms with Crippen molar-refractivity contribution in [3.63, 3.8) is 0 Å². The molecule has 0 heterocycles. The van der Waals surface area contributed by atoms with Crippen LogP contribution < -0.4 is 5.73 Å². The van der Waals surface area contributed by atoms with Gasteiger partial charge in [0.05, 0.1) is 0 Å². The van der Waals surface area contributed by atoms with Gasteiger partial charge in [-0.3, -0.25) is 9.59 Å². The largest absolute Gasteiger partial charge is 0.363 e. The average Bonchev–Trinajstić information content (AvgIpc) is 2.03. The number of ketones is 1. The number of hydrogen-bond donors (Lipinski definition) is 1. The lowest BCUT2D eigenvalue weighted by Gasteiger charge is -2.04. The molecule has 3 nitrogen and oxygen atoms in total. The Morgan fingerprint density at radius 1 is 1.50 bits per heavy atom. The molecule has 0 saturated heterocycles. The van der Waals surface area contributed by atoms with Crippen molar-refractivity contribution in [3.05, 3.63) is 12.2 Å². The average molecular weight is 169 g/mol. The number of Topliss-reactive ketones (excluding diaryl/α,β-unsaturated/α-hetero) is 1. The lowest BCUT2D eigenvalue weighted by atomic mass is 10.00. The molecule has 68 valence electrons. The van der Waals surface area contributed by atoms with Crippen LogP contribution in [0.4, 0.5) is 0 Å². The number of hydrogen-bond acceptors (Lipinski definition) is 2. The number of carbonyl (C=O) groups excluding carboxylic acids is 2. The third-order valence-corrected chi connectivity index (χ3v) is 1.69. The molecule has 1 unspecified atom stereocenters. The number of allylic oxidation sites excluding steroid dienone is 2. The summed E-state index contributed by atoms with van der Waals surface area (Å²) < 4.78 is 0. The third-order valence-electron chi connectivity index (χ3n) is 1.69. The van der Waals surface area contributed by atoms with E-state index in [-0.39, 0.29) is 5.92 Å². The van der Waals surface area contributed by atoms with Gasteiger partial charge in [-0.25, -0.2) is 0 Å². The van der Waals surface area contributed by atoms with Crippen molar-refractivity contribution in [2.45, 2.75) is 26.7 Å². The van der Waals surface area contributed by atoms with E-state index in [2.05, 4.69) is 0 Å². The fourth-order valence-corrected chi connectivity index (χ4v) is 0.887. The van der Waals surface area contributed by atoms with Gasteiger partial charge in [-0.2, -0.15) is 0 Å². The fourth-order valence-electron chi connectivity index (χ4n) is 0.887. The third kappa shape index (κ3) is 3.91. The second-order valence-electron chi connectivity index (χ2n) is 2.78. The van der Waals surface area contributed by atoms with Crippen molar-refractivity contribution in [1.29, 1.82) is 0 Å². The number of primary amides is 1. The first-order valence-electron chi connectivity index (χ1n) is 4.04. The minimum atomic E-state index is -0.831. The molecule has 0 spiro atoms. The van der Waals surface area contributed by atoms with Crippen LogP contribution in [0.3, 0.4) is 0 Å². The van der Waals surface area contributed by atoms with E-state index in [0.29, 0.717) is 6.42 Å². The predicted octanol–water partition coefficient (Wildman–Crippen LogP) is 1.03. The van der Waals surface area contributed by atoms with Crippen LogP contribution in [-0.4, -0.2) is 11.7 Å². The van der Waals surface area contributed by atoms with Gasteiger partial charge >= 0.3 is 0 Å². The normalized spacial score (nSPS) is 13.2. The zero-order valence-electron chi connectivity index (χ0n) is 7.54. The number of amides is 1. The molecular weight excluding hydrogens is 154 g/mol. The maximum atomic E-state index is 10.9. The van der Waals surface area contributed by atoms with Crippen LogP contribution in [0.25, 0.3) is 0 Å². The Labute approximate surface area is 72.6 Å². The Bertz CT molecular complexity index is 197. The molecule has 1 amide bonds. The number of nitrogens with two attached hydrogens (primary N) is 1. The zero-order valence-corrected chi connectivity index (χ0v) is 7.54. The molecule has 0 saturated carbocycles. The highest BCUT2D eigenvalue weighted by Gasteiger charge is 2.16. The Morgan fingerprint density at radius 3 is 2.50 bits per heavy atom. The molecule has 3 heteroatoms. The predicted molar refractivity (Wildman–Crippen MR) is 47.4 cm³/mol. The van der Waals surface area contributed by atoms with Crippen molar-refractivity contribution in [2.24, 2.45) is 11.7 Å². The minimum absolute atomic E-state index is 0.251. The topological polar surface area (TPSA) is 60.2 Å². The van der Waals surface area contributed by atoms with E-state index in [1.165, 1.54) is 0 Å². The van der Waals surface area contributed by atoms with Gasteiger partial charge in [0.25, 0.3) is 5.91 Å². The number of carbonyl (C=O) groups is 2. The SMILES string of the molecule is C/C=C/CCC(C)C(=O)C(N)=O. The highest BCUT2D eigenvalue weighted by molar-refractivity contribution is 6.36. The molecule has 0 aliphatic heterocycles. The molecule has 0 aromatic rings. The van der Waals surface area contributed by atoms with Crippen LogP contribution in [0.5, 0.6) is 0 Å². The molecule has 0 aliphatic rings. The van der Waals surface area contributed by atoms with Crippen LogP contribution in [0.1, 0.15) is 26.7 Å². The van der Waals surface area contributed by atoms with Gasteiger partial charge in [0.15, 0.2) is 0 Å². The first-order chi connectivity index (χ1) is 5.59. The van der Waals surface area contributed by atoms with Crippen LogP contribution >= 0.6 is 0 Å². The Morgan fingerprint density at radius 2 is 2.08 bits per heavy atom. The smallest absolute Gasteiger partial charge is 0.285 e. The van der Waals surface area contributed by atoms with E-state index in [0.717, 1.165) is 6.42 Å². The second-order valence-corrected chi connectivity index (χ2v) is 2.78. The van der Waals surface area contributed by atoms with E-state index in [9.17, 15) is 9.59 Å².